The number of hydrogen-bond donors (Lipinski definition) is 0. The average molecular weight is 286 g/mol. The van der Waals surface area contributed by atoms with Gasteiger partial charge in [-0.3, -0.25) is 4.57 Å². The Hall–Kier alpha value is -0.770. The van der Waals surface area contributed by atoms with E-state index in [-0.39, 0.29) is 0 Å². The summed E-state index contributed by atoms with van der Waals surface area (Å²) < 4.78 is 23.7. The van der Waals surface area contributed by atoms with Gasteiger partial charge in [-0.15, -0.1) is 0 Å². The van der Waals surface area contributed by atoms with Gasteiger partial charge in [-0.2, -0.15) is 0 Å². The smallest absolute Gasteiger partial charge is 0.305 e. The van der Waals surface area contributed by atoms with Crippen LogP contribution in [0.15, 0.2) is 12.4 Å². The van der Waals surface area contributed by atoms with E-state index in [0.29, 0.717) is 24.3 Å². The molecule has 108 valence electrons. The van der Waals surface area contributed by atoms with Gasteiger partial charge in [-0.25, -0.2) is 9.97 Å². The second kappa shape index (κ2) is 8.41. The van der Waals surface area contributed by atoms with Crippen molar-refractivity contribution in [3.63, 3.8) is 0 Å². The summed E-state index contributed by atoms with van der Waals surface area (Å²) in [5.74, 6) is 0.636. The van der Waals surface area contributed by atoms with Crippen molar-refractivity contribution in [2.24, 2.45) is 0 Å². The van der Waals surface area contributed by atoms with Crippen molar-refractivity contribution in [3.8, 4) is 0 Å². The molecule has 5 nitrogen and oxygen atoms in total. The van der Waals surface area contributed by atoms with Gasteiger partial charge >= 0.3 is 7.60 Å². The molecule has 0 aliphatic rings. The van der Waals surface area contributed by atoms with E-state index < -0.39 is 7.60 Å². The van der Waals surface area contributed by atoms with Crippen LogP contribution >= 0.6 is 7.60 Å². The van der Waals surface area contributed by atoms with Gasteiger partial charge in [0.2, 0.25) is 0 Å². The molecule has 0 radical (unpaired) electrons. The van der Waals surface area contributed by atoms with Crippen LogP contribution in [0.2, 0.25) is 0 Å². The summed E-state index contributed by atoms with van der Waals surface area (Å²) in [5.41, 5.74) is 0. The Bertz CT molecular complexity index is 395. The zero-order valence-corrected chi connectivity index (χ0v) is 12.9. The number of aromatic nitrogens is 2. The third kappa shape index (κ3) is 5.39. The minimum atomic E-state index is -3.28. The fraction of sp³-hybridized carbons (Fsp3) is 0.692. The first-order valence-electron chi connectivity index (χ1n) is 6.80. The van der Waals surface area contributed by atoms with Crippen molar-refractivity contribution in [2.75, 3.05) is 13.2 Å². The summed E-state index contributed by atoms with van der Waals surface area (Å²) in [5, 5.41) is 0.435. The van der Waals surface area contributed by atoms with Gasteiger partial charge in [-0.1, -0.05) is 26.7 Å². The van der Waals surface area contributed by atoms with Crippen molar-refractivity contribution in [2.45, 2.75) is 46.5 Å². The molecular formula is C13H23N2O3P. The highest BCUT2D eigenvalue weighted by Gasteiger charge is 2.28. The summed E-state index contributed by atoms with van der Waals surface area (Å²) >= 11 is 0. The normalized spacial score (nSPS) is 11.7. The van der Waals surface area contributed by atoms with E-state index in [1.54, 1.807) is 6.92 Å². The lowest BCUT2D eigenvalue weighted by molar-refractivity contribution is 0.208. The molecule has 1 aromatic rings. The van der Waals surface area contributed by atoms with E-state index in [0.717, 1.165) is 25.7 Å². The van der Waals surface area contributed by atoms with Crippen LogP contribution in [0.5, 0.6) is 0 Å². The molecule has 6 heteroatoms. The van der Waals surface area contributed by atoms with Gasteiger partial charge in [0.05, 0.1) is 13.2 Å². The van der Waals surface area contributed by atoms with Crippen LogP contribution in [0, 0.1) is 6.92 Å². The number of nitrogens with zero attached hydrogens (tertiary/aromatic N) is 2. The number of rotatable bonds is 9. The van der Waals surface area contributed by atoms with Crippen molar-refractivity contribution >= 4 is 12.9 Å². The van der Waals surface area contributed by atoms with E-state index in [9.17, 15) is 4.57 Å². The average Bonchev–Trinajstić information content (AvgIpc) is 2.40. The summed E-state index contributed by atoms with van der Waals surface area (Å²) in [4.78, 5) is 8.12. The Morgan fingerprint density at radius 2 is 1.53 bits per heavy atom. The fourth-order valence-corrected chi connectivity index (χ4v) is 2.88. The van der Waals surface area contributed by atoms with Crippen LogP contribution in [0.25, 0.3) is 0 Å². The largest absolute Gasteiger partial charge is 0.364 e. The Morgan fingerprint density at radius 1 is 1.05 bits per heavy atom. The number of hydrogen-bond acceptors (Lipinski definition) is 5. The van der Waals surface area contributed by atoms with Crippen LogP contribution < -0.4 is 5.30 Å². The Labute approximate surface area is 115 Å². The van der Waals surface area contributed by atoms with Gasteiger partial charge < -0.3 is 9.05 Å². The van der Waals surface area contributed by atoms with Crippen molar-refractivity contribution in [3.05, 3.63) is 18.2 Å². The molecule has 0 amide bonds. The molecule has 1 aromatic heterocycles. The summed E-state index contributed by atoms with van der Waals surface area (Å²) in [6.07, 6.45) is 6.74. The molecule has 1 heterocycles. The molecule has 0 bridgehead atoms. The molecule has 0 aliphatic carbocycles. The molecule has 0 aliphatic heterocycles. The third-order valence-electron chi connectivity index (χ3n) is 2.60. The molecule has 1 rings (SSSR count). The van der Waals surface area contributed by atoms with Crippen LogP contribution in [-0.2, 0) is 13.6 Å². The molecule has 19 heavy (non-hydrogen) atoms. The Balaban J connectivity index is 2.77. The maximum absolute atomic E-state index is 12.8. The van der Waals surface area contributed by atoms with Crippen LogP contribution in [0.4, 0.5) is 0 Å². The summed E-state index contributed by atoms with van der Waals surface area (Å²) in [7, 11) is -3.28. The highest BCUT2D eigenvalue weighted by atomic mass is 31.2. The summed E-state index contributed by atoms with van der Waals surface area (Å²) in [6.45, 7) is 6.74. The van der Waals surface area contributed by atoms with E-state index in [1.807, 2.05) is 0 Å². The standard InChI is InChI=1S/C13H23N2O3P/c1-4-6-8-17-19(16,18-9-7-5-2)13-10-14-12(3)15-11-13/h10-11H,4-9H2,1-3H3. The third-order valence-corrected chi connectivity index (χ3v) is 4.51. The van der Waals surface area contributed by atoms with Crippen LogP contribution in [0.3, 0.4) is 0 Å². The lowest BCUT2D eigenvalue weighted by Crippen LogP contribution is -2.14. The molecule has 0 unspecified atom stereocenters. The summed E-state index contributed by atoms with van der Waals surface area (Å²) in [6, 6.07) is 0. The van der Waals surface area contributed by atoms with E-state index in [2.05, 4.69) is 23.8 Å². The predicted molar refractivity (Wildman–Crippen MR) is 75.7 cm³/mol. The first-order valence-corrected chi connectivity index (χ1v) is 8.35. The highest BCUT2D eigenvalue weighted by Crippen LogP contribution is 2.46. The van der Waals surface area contributed by atoms with Gasteiger partial charge in [0.15, 0.2) is 0 Å². The quantitative estimate of drug-likeness (QED) is 0.515. The molecule has 0 aromatic carbocycles. The van der Waals surface area contributed by atoms with Gasteiger partial charge in [0, 0.05) is 12.4 Å². The predicted octanol–water partition coefficient (Wildman–Crippen LogP) is 3.24. The Kier molecular flexibility index (Phi) is 7.21. The molecule has 0 fully saturated rings. The number of aryl methyl sites for hydroxylation is 1. The zero-order chi connectivity index (χ0) is 14.1. The molecule has 0 saturated carbocycles. The van der Waals surface area contributed by atoms with Gasteiger partial charge in [0.1, 0.15) is 11.1 Å². The minimum Gasteiger partial charge on any atom is -0.305 e. The first-order chi connectivity index (χ1) is 9.12. The topological polar surface area (TPSA) is 61.3 Å². The second-order valence-corrected chi connectivity index (χ2v) is 6.39. The molecule has 0 N–H and O–H groups in total. The maximum Gasteiger partial charge on any atom is 0.364 e. The lowest BCUT2D eigenvalue weighted by atomic mass is 10.4. The minimum absolute atomic E-state index is 0.424. The van der Waals surface area contributed by atoms with Crippen molar-refractivity contribution < 1.29 is 13.6 Å². The van der Waals surface area contributed by atoms with E-state index in [4.69, 9.17) is 9.05 Å². The second-order valence-electron chi connectivity index (χ2n) is 4.36. The molecule has 0 saturated heterocycles. The van der Waals surface area contributed by atoms with Crippen LogP contribution in [-0.4, -0.2) is 23.2 Å². The van der Waals surface area contributed by atoms with Crippen LogP contribution in [0.1, 0.15) is 45.4 Å². The van der Waals surface area contributed by atoms with E-state index >= 15 is 0 Å². The molecule has 0 atom stereocenters. The fourth-order valence-electron chi connectivity index (χ4n) is 1.37. The maximum atomic E-state index is 12.8. The Morgan fingerprint density at radius 3 is 1.95 bits per heavy atom. The monoisotopic (exact) mass is 286 g/mol. The SMILES string of the molecule is CCCCOP(=O)(OCCCC)c1cnc(C)nc1. The molecular weight excluding hydrogens is 263 g/mol. The highest BCUT2D eigenvalue weighted by molar-refractivity contribution is 7.62. The van der Waals surface area contributed by atoms with Gasteiger partial charge in [-0.05, 0) is 19.8 Å². The first kappa shape index (κ1) is 16.3. The van der Waals surface area contributed by atoms with Crippen molar-refractivity contribution in [1.29, 1.82) is 0 Å². The van der Waals surface area contributed by atoms with Gasteiger partial charge in [0.25, 0.3) is 0 Å². The number of unbranched alkanes of at least 4 members (excludes halogenated alkanes) is 2. The molecule has 0 spiro atoms. The van der Waals surface area contributed by atoms with Crippen molar-refractivity contribution in [1.82, 2.24) is 9.97 Å². The lowest BCUT2D eigenvalue weighted by Gasteiger charge is -2.18. The van der Waals surface area contributed by atoms with E-state index in [1.165, 1.54) is 12.4 Å². The zero-order valence-electron chi connectivity index (χ0n) is 12.0.